The van der Waals surface area contributed by atoms with Crippen molar-refractivity contribution in [1.29, 1.82) is 0 Å². The van der Waals surface area contributed by atoms with Crippen LogP contribution < -0.4 is 10.9 Å². The summed E-state index contributed by atoms with van der Waals surface area (Å²) in [5, 5.41) is 8.02. The zero-order valence-corrected chi connectivity index (χ0v) is 16.3. The predicted octanol–water partition coefficient (Wildman–Crippen LogP) is 3.90. The summed E-state index contributed by atoms with van der Waals surface area (Å²) in [4.78, 5) is 37.9. The van der Waals surface area contributed by atoms with Crippen LogP contribution in [0, 0.1) is 0 Å². The van der Waals surface area contributed by atoms with Crippen LogP contribution in [0.5, 0.6) is 0 Å². The van der Waals surface area contributed by atoms with Gasteiger partial charge in [-0.1, -0.05) is 60.7 Å². The first-order valence-corrected chi connectivity index (χ1v) is 9.49. The topological polar surface area (TPSA) is 81.1 Å². The van der Waals surface area contributed by atoms with E-state index < -0.39 is 5.91 Å². The van der Waals surface area contributed by atoms with Crippen molar-refractivity contribution in [2.24, 2.45) is 0 Å². The second-order valence-corrected chi connectivity index (χ2v) is 6.90. The number of fused-ring (bicyclic) bond motifs is 1. The molecule has 1 aromatic heterocycles. The number of Topliss-reactive ketones (excluding diaryl/α,β-unsaturated/α-hetero) is 1. The Kier molecular flexibility index (Phi) is 5.22. The maximum atomic E-state index is 13.1. The minimum atomic E-state index is -0.485. The van der Waals surface area contributed by atoms with E-state index >= 15 is 0 Å². The van der Waals surface area contributed by atoms with Crippen LogP contribution in [0.1, 0.15) is 33.3 Å². The highest BCUT2D eigenvalue weighted by atomic mass is 16.2. The van der Waals surface area contributed by atoms with Gasteiger partial charge in [-0.2, -0.15) is 5.10 Å². The van der Waals surface area contributed by atoms with Gasteiger partial charge in [0.05, 0.1) is 17.6 Å². The monoisotopic (exact) mass is 397 g/mol. The number of para-hydroxylation sites is 1. The minimum absolute atomic E-state index is 0.125. The zero-order valence-electron chi connectivity index (χ0n) is 16.3. The summed E-state index contributed by atoms with van der Waals surface area (Å²) in [5.74, 6) is -0.639. The van der Waals surface area contributed by atoms with Crippen molar-refractivity contribution in [2.45, 2.75) is 13.5 Å². The van der Waals surface area contributed by atoms with Gasteiger partial charge in [-0.3, -0.25) is 14.4 Å². The molecule has 0 unspecified atom stereocenters. The van der Waals surface area contributed by atoms with Gasteiger partial charge < -0.3 is 5.32 Å². The molecule has 1 heterocycles. The molecule has 6 nitrogen and oxygen atoms in total. The van der Waals surface area contributed by atoms with Crippen molar-refractivity contribution in [3.05, 3.63) is 106 Å². The molecule has 1 amide bonds. The van der Waals surface area contributed by atoms with E-state index in [0.717, 1.165) is 5.56 Å². The molecular weight excluding hydrogens is 378 g/mol. The Morgan fingerprint density at radius 2 is 1.50 bits per heavy atom. The predicted molar refractivity (Wildman–Crippen MR) is 116 cm³/mol. The Bertz CT molecular complexity index is 1310. The summed E-state index contributed by atoms with van der Waals surface area (Å²) < 4.78 is 1.30. The van der Waals surface area contributed by atoms with Gasteiger partial charge in [0.1, 0.15) is 0 Å². The Balaban J connectivity index is 1.80. The standard InChI is InChI=1S/C24H19N3O3/c1-16(28)18-11-7-8-14-21(18)25-23(29)22-19-12-5-6-13-20(19)24(30)27(26-22)15-17-9-3-2-4-10-17/h2-14H,15H2,1H3,(H,25,29). The fraction of sp³-hybridized carbons (Fsp3) is 0.0833. The number of carbonyl (C=O) groups is 2. The molecule has 30 heavy (non-hydrogen) atoms. The molecule has 4 aromatic rings. The Morgan fingerprint density at radius 3 is 2.23 bits per heavy atom. The molecule has 0 spiro atoms. The van der Waals surface area contributed by atoms with Gasteiger partial charge in [-0.25, -0.2) is 4.68 Å². The van der Waals surface area contributed by atoms with Crippen LogP contribution in [-0.4, -0.2) is 21.5 Å². The van der Waals surface area contributed by atoms with Crippen LogP contribution in [0.15, 0.2) is 83.7 Å². The normalized spacial score (nSPS) is 10.7. The van der Waals surface area contributed by atoms with Gasteiger partial charge in [0.2, 0.25) is 0 Å². The van der Waals surface area contributed by atoms with Crippen LogP contribution in [0.4, 0.5) is 5.69 Å². The Morgan fingerprint density at radius 1 is 0.867 bits per heavy atom. The highest BCUT2D eigenvalue weighted by Gasteiger charge is 2.18. The Labute approximate surface area is 172 Å². The van der Waals surface area contributed by atoms with Crippen LogP contribution in [0.25, 0.3) is 10.8 Å². The number of ketones is 1. The lowest BCUT2D eigenvalue weighted by Crippen LogP contribution is -2.28. The average molecular weight is 397 g/mol. The number of benzene rings is 3. The lowest BCUT2D eigenvalue weighted by molar-refractivity contribution is 0.101. The summed E-state index contributed by atoms with van der Waals surface area (Å²) in [6, 6.07) is 23.1. The van der Waals surface area contributed by atoms with E-state index in [0.29, 0.717) is 22.0 Å². The molecule has 0 aliphatic heterocycles. The van der Waals surface area contributed by atoms with E-state index in [1.165, 1.54) is 11.6 Å². The molecule has 0 radical (unpaired) electrons. The SMILES string of the molecule is CC(=O)c1ccccc1NC(=O)c1nn(Cc2ccccc2)c(=O)c2ccccc12. The summed E-state index contributed by atoms with van der Waals surface area (Å²) in [5.41, 5.74) is 1.57. The van der Waals surface area contributed by atoms with Crippen molar-refractivity contribution >= 4 is 28.2 Å². The molecule has 3 aromatic carbocycles. The van der Waals surface area contributed by atoms with Crippen molar-refractivity contribution < 1.29 is 9.59 Å². The van der Waals surface area contributed by atoms with Crippen LogP contribution >= 0.6 is 0 Å². The third kappa shape index (κ3) is 3.75. The molecule has 0 aliphatic rings. The fourth-order valence-electron chi connectivity index (χ4n) is 3.35. The van der Waals surface area contributed by atoms with E-state index in [9.17, 15) is 14.4 Å². The lowest BCUT2D eigenvalue weighted by Gasteiger charge is -2.13. The number of nitrogens with one attached hydrogen (secondary N) is 1. The van der Waals surface area contributed by atoms with Crippen LogP contribution in [0.2, 0.25) is 0 Å². The highest BCUT2D eigenvalue weighted by molar-refractivity contribution is 6.13. The number of anilines is 1. The summed E-state index contributed by atoms with van der Waals surface area (Å²) >= 11 is 0. The van der Waals surface area contributed by atoms with Gasteiger partial charge in [0, 0.05) is 10.9 Å². The Hall–Kier alpha value is -4.06. The summed E-state index contributed by atoms with van der Waals surface area (Å²) in [6.07, 6.45) is 0. The van der Waals surface area contributed by atoms with Gasteiger partial charge in [0.15, 0.2) is 11.5 Å². The maximum Gasteiger partial charge on any atom is 0.276 e. The zero-order chi connectivity index (χ0) is 21.1. The smallest absolute Gasteiger partial charge is 0.276 e. The number of rotatable bonds is 5. The third-order valence-electron chi connectivity index (χ3n) is 4.81. The third-order valence-corrected chi connectivity index (χ3v) is 4.81. The number of hydrogen-bond donors (Lipinski definition) is 1. The van der Waals surface area contributed by atoms with Crippen molar-refractivity contribution in [3.8, 4) is 0 Å². The quantitative estimate of drug-likeness (QED) is 0.518. The molecule has 0 fully saturated rings. The van der Waals surface area contributed by atoms with Crippen LogP contribution in [-0.2, 0) is 6.54 Å². The molecule has 0 saturated carbocycles. The summed E-state index contributed by atoms with van der Waals surface area (Å²) in [6.45, 7) is 1.69. The van der Waals surface area contributed by atoms with Gasteiger partial charge in [-0.15, -0.1) is 0 Å². The number of aromatic nitrogens is 2. The van der Waals surface area contributed by atoms with E-state index in [4.69, 9.17) is 0 Å². The number of carbonyl (C=O) groups excluding carboxylic acids is 2. The molecule has 0 bridgehead atoms. The number of nitrogens with zero attached hydrogens (tertiary/aromatic N) is 2. The second kappa shape index (κ2) is 8.13. The first-order chi connectivity index (χ1) is 14.5. The maximum absolute atomic E-state index is 13.1. The molecule has 6 heteroatoms. The number of amides is 1. The average Bonchev–Trinajstić information content (AvgIpc) is 2.76. The van der Waals surface area contributed by atoms with E-state index in [2.05, 4.69) is 10.4 Å². The van der Waals surface area contributed by atoms with Crippen molar-refractivity contribution in [2.75, 3.05) is 5.32 Å². The van der Waals surface area contributed by atoms with Crippen LogP contribution in [0.3, 0.4) is 0 Å². The molecule has 1 N–H and O–H groups in total. The van der Waals surface area contributed by atoms with Gasteiger partial charge >= 0.3 is 0 Å². The van der Waals surface area contributed by atoms with E-state index in [1.807, 2.05) is 30.3 Å². The minimum Gasteiger partial charge on any atom is -0.320 e. The number of hydrogen-bond acceptors (Lipinski definition) is 4. The van der Waals surface area contributed by atoms with Gasteiger partial charge in [-0.05, 0) is 30.7 Å². The molecule has 148 valence electrons. The van der Waals surface area contributed by atoms with Crippen molar-refractivity contribution in [1.82, 2.24) is 9.78 Å². The molecule has 0 atom stereocenters. The molecular formula is C24H19N3O3. The highest BCUT2D eigenvalue weighted by Crippen LogP contribution is 2.19. The first kappa shape index (κ1) is 19.3. The largest absolute Gasteiger partial charge is 0.320 e. The fourth-order valence-corrected chi connectivity index (χ4v) is 3.35. The molecule has 0 saturated heterocycles. The molecule has 4 rings (SSSR count). The summed E-state index contributed by atoms with van der Waals surface area (Å²) in [7, 11) is 0. The van der Waals surface area contributed by atoms with E-state index in [1.54, 1.807) is 48.5 Å². The molecule has 0 aliphatic carbocycles. The van der Waals surface area contributed by atoms with Gasteiger partial charge in [0.25, 0.3) is 11.5 Å². The first-order valence-electron chi connectivity index (χ1n) is 9.49. The van der Waals surface area contributed by atoms with E-state index in [-0.39, 0.29) is 23.6 Å². The second-order valence-electron chi connectivity index (χ2n) is 6.90. The van der Waals surface area contributed by atoms with Crippen molar-refractivity contribution in [3.63, 3.8) is 0 Å². The lowest BCUT2D eigenvalue weighted by atomic mass is 10.1.